The van der Waals surface area contributed by atoms with E-state index in [4.69, 9.17) is 0 Å². The third kappa shape index (κ3) is 2.66. The summed E-state index contributed by atoms with van der Waals surface area (Å²) in [6.07, 6.45) is 3.20. The summed E-state index contributed by atoms with van der Waals surface area (Å²) in [5.41, 5.74) is 1.37. The predicted molar refractivity (Wildman–Crippen MR) is 70.7 cm³/mol. The largest absolute Gasteiger partial charge is 0.280 e. The van der Waals surface area contributed by atoms with Gasteiger partial charge in [-0.15, -0.1) is 0 Å². The van der Waals surface area contributed by atoms with Crippen LogP contribution in [0.4, 0.5) is 10.1 Å². The average molecular weight is 271 g/mol. The van der Waals surface area contributed by atoms with Crippen LogP contribution in [-0.2, 0) is 10.0 Å². The van der Waals surface area contributed by atoms with Crippen molar-refractivity contribution in [2.75, 3.05) is 4.72 Å². The summed E-state index contributed by atoms with van der Waals surface area (Å²) in [6.45, 7) is 3.45. The van der Waals surface area contributed by atoms with E-state index in [1.807, 2.05) is 6.92 Å². The van der Waals surface area contributed by atoms with Gasteiger partial charge in [0.05, 0.1) is 10.9 Å². The molecule has 1 saturated carbocycles. The SMILES string of the molecule is Cc1cc(C)c(F)c(NS(=O)(=O)C2CCCC2)c1. The molecular weight excluding hydrogens is 253 g/mol. The quantitative estimate of drug-likeness (QED) is 0.918. The molecule has 0 unspecified atom stereocenters. The van der Waals surface area contributed by atoms with Crippen molar-refractivity contribution in [3.8, 4) is 0 Å². The summed E-state index contributed by atoms with van der Waals surface area (Å²) >= 11 is 0. The summed E-state index contributed by atoms with van der Waals surface area (Å²) in [4.78, 5) is 0. The summed E-state index contributed by atoms with van der Waals surface area (Å²) in [5, 5.41) is -0.377. The lowest BCUT2D eigenvalue weighted by Gasteiger charge is -2.15. The Hall–Kier alpha value is -1.10. The van der Waals surface area contributed by atoms with Gasteiger partial charge < -0.3 is 0 Å². The van der Waals surface area contributed by atoms with Crippen molar-refractivity contribution in [1.82, 2.24) is 0 Å². The number of hydrogen-bond donors (Lipinski definition) is 1. The predicted octanol–water partition coefficient (Wildman–Crippen LogP) is 3.13. The molecule has 0 spiro atoms. The maximum Gasteiger partial charge on any atom is 0.235 e. The average Bonchev–Trinajstić information content (AvgIpc) is 2.78. The minimum atomic E-state index is -3.46. The van der Waals surface area contributed by atoms with E-state index < -0.39 is 15.8 Å². The van der Waals surface area contributed by atoms with Crippen molar-refractivity contribution in [2.24, 2.45) is 0 Å². The van der Waals surface area contributed by atoms with Gasteiger partial charge in [-0.2, -0.15) is 0 Å². The molecule has 0 aromatic heterocycles. The number of benzene rings is 1. The van der Waals surface area contributed by atoms with Gasteiger partial charge in [-0.05, 0) is 43.9 Å². The highest BCUT2D eigenvalue weighted by atomic mass is 32.2. The van der Waals surface area contributed by atoms with Crippen molar-refractivity contribution in [1.29, 1.82) is 0 Å². The maximum absolute atomic E-state index is 13.9. The van der Waals surface area contributed by atoms with E-state index >= 15 is 0 Å². The van der Waals surface area contributed by atoms with E-state index in [1.54, 1.807) is 13.0 Å². The molecule has 0 bridgehead atoms. The zero-order valence-corrected chi connectivity index (χ0v) is 11.5. The fraction of sp³-hybridized carbons (Fsp3) is 0.538. The Morgan fingerprint density at radius 2 is 1.83 bits per heavy atom. The molecule has 1 N–H and O–H groups in total. The van der Waals surface area contributed by atoms with Gasteiger partial charge >= 0.3 is 0 Å². The van der Waals surface area contributed by atoms with E-state index in [-0.39, 0.29) is 10.9 Å². The fourth-order valence-electron chi connectivity index (χ4n) is 2.46. The Labute approximate surface area is 107 Å². The molecular formula is C13H18FNO2S. The Balaban J connectivity index is 2.28. The number of aryl methyl sites for hydroxylation is 2. The molecule has 18 heavy (non-hydrogen) atoms. The maximum atomic E-state index is 13.9. The van der Waals surface area contributed by atoms with E-state index in [0.717, 1.165) is 18.4 Å². The zero-order chi connectivity index (χ0) is 13.3. The number of nitrogens with one attached hydrogen (secondary N) is 1. The number of sulfonamides is 1. The molecule has 1 aromatic carbocycles. The first-order valence-electron chi connectivity index (χ1n) is 6.18. The van der Waals surface area contributed by atoms with Crippen molar-refractivity contribution < 1.29 is 12.8 Å². The number of rotatable bonds is 3. The van der Waals surface area contributed by atoms with Gasteiger partial charge in [0.15, 0.2) is 0 Å². The molecule has 1 aromatic rings. The van der Waals surface area contributed by atoms with Crippen LogP contribution in [0, 0.1) is 19.7 Å². The molecule has 0 heterocycles. The van der Waals surface area contributed by atoms with E-state index in [2.05, 4.69) is 4.72 Å². The molecule has 0 radical (unpaired) electrons. The van der Waals surface area contributed by atoms with Crippen LogP contribution in [0.1, 0.15) is 36.8 Å². The normalized spacial score (nSPS) is 17.1. The number of hydrogen-bond acceptors (Lipinski definition) is 2. The van der Waals surface area contributed by atoms with Gasteiger partial charge in [-0.3, -0.25) is 4.72 Å². The van der Waals surface area contributed by atoms with Crippen LogP contribution in [-0.4, -0.2) is 13.7 Å². The highest BCUT2D eigenvalue weighted by Gasteiger charge is 2.29. The lowest BCUT2D eigenvalue weighted by atomic mass is 10.1. The fourth-order valence-corrected chi connectivity index (χ4v) is 4.04. The van der Waals surface area contributed by atoms with Gasteiger partial charge in [0.1, 0.15) is 5.82 Å². The minimum absolute atomic E-state index is 0.0689. The van der Waals surface area contributed by atoms with Crippen molar-refractivity contribution >= 4 is 15.7 Å². The lowest BCUT2D eigenvalue weighted by molar-refractivity contribution is 0.583. The molecule has 0 atom stereocenters. The first kappa shape index (κ1) is 13.3. The van der Waals surface area contributed by atoms with Crippen LogP contribution >= 0.6 is 0 Å². The van der Waals surface area contributed by atoms with Crippen molar-refractivity contribution in [3.05, 3.63) is 29.1 Å². The molecule has 1 aliphatic rings. The summed E-state index contributed by atoms with van der Waals surface area (Å²) in [6, 6.07) is 3.23. The van der Waals surface area contributed by atoms with Gasteiger partial charge in [0.2, 0.25) is 10.0 Å². The van der Waals surface area contributed by atoms with Crippen molar-refractivity contribution in [3.63, 3.8) is 0 Å². The van der Waals surface area contributed by atoms with Crippen LogP contribution in [0.5, 0.6) is 0 Å². The monoisotopic (exact) mass is 271 g/mol. The van der Waals surface area contributed by atoms with Crippen LogP contribution in [0.2, 0.25) is 0 Å². The van der Waals surface area contributed by atoms with Gasteiger partial charge in [0.25, 0.3) is 0 Å². The second-order valence-corrected chi connectivity index (χ2v) is 6.96. The third-order valence-electron chi connectivity index (χ3n) is 3.39. The molecule has 0 aliphatic heterocycles. The van der Waals surface area contributed by atoms with E-state index in [1.165, 1.54) is 6.07 Å². The van der Waals surface area contributed by atoms with Crippen molar-refractivity contribution in [2.45, 2.75) is 44.8 Å². The third-order valence-corrected chi connectivity index (χ3v) is 5.25. The molecule has 1 aliphatic carbocycles. The van der Waals surface area contributed by atoms with Gasteiger partial charge in [-0.25, -0.2) is 12.8 Å². The lowest BCUT2D eigenvalue weighted by Crippen LogP contribution is -2.25. The molecule has 100 valence electrons. The second kappa shape index (κ2) is 4.88. The molecule has 0 amide bonds. The highest BCUT2D eigenvalue weighted by molar-refractivity contribution is 7.93. The Kier molecular flexibility index (Phi) is 3.61. The smallest absolute Gasteiger partial charge is 0.235 e. The summed E-state index contributed by atoms with van der Waals surface area (Å²) in [5.74, 6) is -0.484. The highest BCUT2D eigenvalue weighted by Crippen LogP contribution is 2.28. The Bertz CT molecular complexity index is 548. The minimum Gasteiger partial charge on any atom is -0.280 e. The van der Waals surface area contributed by atoms with Gasteiger partial charge in [-0.1, -0.05) is 18.9 Å². The topological polar surface area (TPSA) is 46.2 Å². The summed E-state index contributed by atoms with van der Waals surface area (Å²) in [7, 11) is -3.46. The standard InChI is InChI=1S/C13H18FNO2S/c1-9-7-10(2)13(14)12(8-9)15-18(16,17)11-5-3-4-6-11/h7-8,11,15H,3-6H2,1-2H3. The number of anilines is 1. The van der Waals surface area contributed by atoms with E-state index in [0.29, 0.717) is 18.4 Å². The number of halogens is 1. The summed E-state index contributed by atoms with van der Waals surface area (Å²) < 4.78 is 40.5. The van der Waals surface area contributed by atoms with Crippen LogP contribution in [0.25, 0.3) is 0 Å². The van der Waals surface area contributed by atoms with Crippen LogP contribution in [0.15, 0.2) is 12.1 Å². The Morgan fingerprint density at radius 1 is 1.22 bits per heavy atom. The first-order chi connectivity index (χ1) is 8.40. The first-order valence-corrected chi connectivity index (χ1v) is 7.73. The van der Waals surface area contributed by atoms with Crippen LogP contribution < -0.4 is 4.72 Å². The molecule has 0 saturated heterocycles. The molecule has 5 heteroatoms. The second-order valence-electron chi connectivity index (χ2n) is 5.00. The van der Waals surface area contributed by atoms with E-state index in [9.17, 15) is 12.8 Å². The van der Waals surface area contributed by atoms with Gasteiger partial charge in [0, 0.05) is 0 Å². The molecule has 3 nitrogen and oxygen atoms in total. The Morgan fingerprint density at radius 3 is 2.44 bits per heavy atom. The zero-order valence-electron chi connectivity index (χ0n) is 10.7. The molecule has 1 fully saturated rings. The molecule has 2 rings (SSSR count). The van der Waals surface area contributed by atoms with Crippen LogP contribution in [0.3, 0.4) is 0 Å².